The van der Waals surface area contributed by atoms with E-state index in [1.165, 1.54) is 56.3 Å². The Bertz CT molecular complexity index is 658. The van der Waals surface area contributed by atoms with Gasteiger partial charge in [0.25, 0.3) is 0 Å². The summed E-state index contributed by atoms with van der Waals surface area (Å²) in [4.78, 5) is 2.78. The van der Waals surface area contributed by atoms with Crippen molar-refractivity contribution in [1.29, 1.82) is 0 Å². The lowest BCUT2D eigenvalue weighted by Crippen LogP contribution is -2.47. The van der Waals surface area contributed by atoms with Gasteiger partial charge in [-0.25, -0.2) is 0 Å². The molecule has 0 spiro atoms. The predicted octanol–water partition coefficient (Wildman–Crippen LogP) is 4.73. The van der Waals surface area contributed by atoms with E-state index in [9.17, 15) is 0 Å². The Morgan fingerprint density at radius 2 is 1.83 bits per heavy atom. The van der Waals surface area contributed by atoms with Crippen molar-refractivity contribution in [2.45, 2.75) is 51.0 Å². The van der Waals surface area contributed by atoms with Crippen LogP contribution in [0, 0.1) is 6.92 Å². The molecule has 1 saturated heterocycles. The smallest absolute Gasteiger partial charge is 0.0167 e. The molecule has 2 aromatic carbocycles. The van der Waals surface area contributed by atoms with E-state index in [4.69, 9.17) is 0 Å². The van der Waals surface area contributed by atoms with E-state index in [2.05, 4.69) is 60.4 Å². The van der Waals surface area contributed by atoms with E-state index < -0.39 is 0 Å². The molecule has 2 aromatic rings. The molecule has 1 heteroatoms. The highest BCUT2D eigenvalue weighted by Crippen LogP contribution is 2.40. The number of aryl methyl sites for hydroxylation is 2. The summed E-state index contributed by atoms with van der Waals surface area (Å²) in [5.74, 6) is 0.770. The molecule has 1 nitrogen and oxygen atoms in total. The van der Waals surface area contributed by atoms with Crippen molar-refractivity contribution in [2.75, 3.05) is 13.1 Å². The quantitative estimate of drug-likeness (QED) is 0.792. The Balaban J connectivity index is 1.47. The molecule has 1 aliphatic heterocycles. The van der Waals surface area contributed by atoms with Crippen molar-refractivity contribution in [2.24, 2.45) is 0 Å². The molecule has 0 amide bonds. The van der Waals surface area contributed by atoms with E-state index in [0.29, 0.717) is 0 Å². The summed E-state index contributed by atoms with van der Waals surface area (Å²) in [6.07, 6.45) is 6.52. The van der Waals surface area contributed by atoms with E-state index in [0.717, 1.165) is 12.0 Å². The monoisotopic (exact) mass is 305 g/mol. The third kappa shape index (κ3) is 3.07. The number of benzene rings is 2. The lowest BCUT2D eigenvalue weighted by molar-refractivity contribution is 0.114. The van der Waals surface area contributed by atoms with Crippen molar-refractivity contribution in [3.05, 3.63) is 70.8 Å². The van der Waals surface area contributed by atoms with Crippen LogP contribution in [0.4, 0.5) is 0 Å². The number of hydrogen-bond acceptors (Lipinski definition) is 1. The minimum Gasteiger partial charge on any atom is -0.299 e. The SMILES string of the molecule is Cc1ccc(CCN2CCC[C@H]3c4ccccc4CC[C@@H]32)cc1. The van der Waals surface area contributed by atoms with Gasteiger partial charge >= 0.3 is 0 Å². The maximum Gasteiger partial charge on any atom is 0.0167 e. The average molecular weight is 305 g/mol. The Hall–Kier alpha value is -1.60. The highest BCUT2D eigenvalue weighted by Gasteiger charge is 2.35. The van der Waals surface area contributed by atoms with Gasteiger partial charge in [0.15, 0.2) is 0 Å². The lowest BCUT2D eigenvalue weighted by atomic mass is 9.74. The molecule has 0 N–H and O–H groups in total. The Morgan fingerprint density at radius 3 is 2.70 bits per heavy atom. The van der Waals surface area contributed by atoms with Gasteiger partial charge in [0.05, 0.1) is 0 Å². The van der Waals surface area contributed by atoms with Crippen molar-refractivity contribution < 1.29 is 0 Å². The zero-order valence-corrected chi connectivity index (χ0v) is 14.2. The standard InChI is InChI=1S/C22H27N/c1-17-8-10-18(11-9-17)14-16-23-15-4-7-21-20-6-3-2-5-19(20)12-13-22(21)23/h2-3,5-6,8-11,21-22H,4,7,12-16H2,1H3/t21-,22-/m0/s1. The van der Waals surface area contributed by atoms with Gasteiger partial charge in [-0.05, 0) is 68.2 Å². The Kier molecular flexibility index (Phi) is 4.22. The molecule has 2 atom stereocenters. The Morgan fingerprint density at radius 1 is 1.00 bits per heavy atom. The van der Waals surface area contributed by atoms with E-state index in [1.807, 2.05) is 0 Å². The molecule has 4 rings (SSSR count). The third-order valence-corrected chi connectivity index (χ3v) is 5.87. The molecule has 0 unspecified atom stereocenters. The highest BCUT2D eigenvalue weighted by atomic mass is 15.2. The first-order chi connectivity index (χ1) is 11.3. The van der Waals surface area contributed by atoms with Crippen molar-refractivity contribution in [3.8, 4) is 0 Å². The summed E-state index contributed by atoms with van der Waals surface area (Å²) in [6.45, 7) is 4.67. The minimum absolute atomic E-state index is 0.768. The molecule has 2 aliphatic rings. The number of hydrogen-bond donors (Lipinski definition) is 0. The maximum absolute atomic E-state index is 2.78. The van der Waals surface area contributed by atoms with Crippen LogP contribution in [0.5, 0.6) is 0 Å². The minimum atomic E-state index is 0.768. The van der Waals surface area contributed by atoms with E-state index in [-0.39, 0.29) is 0 Å². The van der Waals surface area contributed by atoms with Gasteiger partial charge in [-0.15, -0.1) is 0 Å². The fraction of sp³-hybridized carbons (Fsp3) is 0.455. The van der Waals surface area contributed by atoms with Crippen LogP contribution in [0.25, 0.3) is 0 Å². The molecule has 120 valence electrons. The molecule has 0 bridgehead atoms. The van der Waals surface area contributed by atoms with Crippen LogP contribution in [0.2, 0.25) is 0 Å². The van der Waals surface area contributed by atoms with Gasteiger partial charge in [-0.3, -0.25) is 4.90 Å². The lowest BCUT2D eigenvalue weighted by Gasteiger charge is -2.45. The number of rotatable bonds is 3. The topological polar surface area (TPSA) is 3.24 Å². The third-order valence-electron chi connectivity index (χ3n) is 5.87. The number of nitrogens with zero attached hydrogens (tertiary/aromatic N) is 1. The second-order valence-electron chi connectivity index (χ2n) is 7.33. The van der Waals surface area contributed by atoms with Gasteiger partial charge in [-0.2, -0.15) is 0 Å². The first kappa shape index (κ1) is 15.0. The van der Waals surface area contributed by atoms with Crippen LogP contribution in [0.15, 0.2) is 48.5 Å². The number of piperidine rings is 1. The molecule has 23 heavy (non-hydrogen) atoms. The van der Waals surface area contributed by atoms with Crippen molar-refractivity contribution in [3.63, 3.8) is 0 Å². The van der Waals surface area contributed by atoms with Crippen molar-refractivity contribution in [1.82, 2.24) is 4.90 Å². The highest BCUT2D eigenvalue weighted by molar-refractivity contribution is 5.35. The van der Waals surface area contributed by atoms with Crippen LogP contribution in [-0.2, 0) is 12.8 Å². The molecular weight excluding hydrogens is 278 g/mol. The molecular formula is C22H27N. The second kappa shape index (κ2) is 6.49. The number of fused-ring (bicyclic) bond motifs is 3. The zero-order valence-electron chi connectivity index (χ0n) is 14.2. The fourth-order valence-electron chi connectivity index (χ4n) is 4.61. The first-order valence-electron chi connectivity index (χ1n) is 9.18. The normalized spacial score (nSPS) is 24.0. The van der Waals surface area contributed by atoms with E-state index >= 15 is 0 Å². The van der Waals surface area contributed by atoms with Crippen LogP contribution in [-0.4, -0.2) is 24.0 Å². The van der Waals surface area contributed by atoms with Crippen LogP contribution in [0.1, 0.15) is 47.4 Å². The van der Waals surface area contributed by atoms with Gasteiger partial charge in [0.2, 0.25) is 0 Å². The first-order valence-corrected chi connectivity index (χ1v) is 9.18. The van der Waals surface area contributed by atoms with Crippen molar-refractivity contribution >= 4 is 0 Å². The van der Waals surface area contributed by atoms with Crippen LogP contribution < -0.4 is 0 Å². The summed E-state index contributed by atoms with van der Waals surface area (Å²) in [6, 6.07) is 19.0. The summed E-state index contributed by atoms with van der Waals surface area (Å²) >= 11 is 0. The summed E-state index contributed by atoms with van der Waals surface area (Å²) in [5, 5.41) is 0. The second-order valence-corrected chi connectivity index (χ2v) is 7.33. The fourth-order valence-corrected chi connectivity index (χ4v) is 4.61. The molecule has 1 heterocycles. The van der Waals surface area contributed by atoms with Gasteiger partial charge < -0.3 is 0 Å². The Labute approximate surface area is 140 Å². The van der Waals surface area contributed by atoms with Gasteiger partial charge in [0.1, 0.15) is 0 Å². The summed E-state index contributed by atoms with van der Waals surface area (Å²) in [7, 11) is 0. The van der Waals surface area contributed by atoms with Crippen LogP contribution >= 0.6 is 0 Å². The largest absolute Gasteiger partial charge is 0.299 e. The van der Waals surface area contributed by atoms with Gasteiger partial charge in [0, 0.05) is 12.6 Å². The van der Waals surface area contributed by atoms with E-state index in [1.54, 1.807) is 11.1 Å². The molecule has 0 saturated carbocycles. The van der Waals surface area contributed by atoms with Gasteiger partial charge in [-0.1, -0.05) is 54.1 Å². The molecule has 1 aliphatic carbocycles. The summed E-state index contributed by atoms with van der Waals surface area (Å²) in [5.41, 5.74) is 6.09. The maximum atomic E-state index is 2.78. The van der Waals surface area contributed by atoms with Crippen LogP contribution in [0.3, 0.4) is 0 Å². The average Bonchev–Trinajstić information content (AvgIpc) is 2.61. The predicted molar refractivity (Wildman–Crippen MR) is 97.0 cm³/mol. The molecule has 0 radical (unpaired) electrons. The molecule has 1 fully saturated rings. The number of likely N-dealkylation sites (tertiary alicyclic amines) is 1. The zero-order chi connectivity index (χ0) is 15.6. The summed E-state index contributed by atoms with van der Waals surface area (Å²) < 4.78 is 0. The molecule has 0 aromatic heterocycles.